The van der Waals surface area contributed by atoms with Crippen LogP contribution in [0.4, 0.5) is 5.69 Å². The number of nitrogens with two attached hydrogens (primary N) is 1. The van der Waals surface area contributed by atoms with Gasteiger partial charge in [0, 0.05) is 25.4 Å². The van der Waals surface area contributed by atoms with E-state index < -0.39 is 10.8 Å². The Morgan fingerprint density at radius 3 is 3.00 bits per heavy atom. The predicted octanol–water partition coefficient (Wildman–Crippen LogP) is -0.0925. The topological polar surface area (TPSA) is 85.1 Å². The van der Waals surface area contributed by atoms with Crippen LogP contribution in [0.5, 0.6) is 0 Å². The molecule has 0 fully saturated rings. The number of anilines is 1. The van der Waals surface area contributed by atoms with Crippen LogP contribution in [0, 0.1) is 0 Å². The first-order valence-corrected chi connectivity index (χ1v) is 5.75. The fourth-order valence-corrected chi connectivity index (χ4v) is 2.14. The molecule has 82 valence electrons. The van der Waals surface area contributed by atoms with Gasteiger partial charge in [-0.1, -0.05) is 0 Å². The highest BCUT2D eigenvalue weighted by Crippen LogP contribution is 2.14. The van der Waals surface area contributed by atoms with Gasteiger partial charge in [0.2, 0.25) is 5.91 Å². The minimum Gasteiger partial charge on any atom is -0.396 e. The Balaban J connectivity index is 2.62. The van der Waals surface area contributed by atoms with Gasteiger partial charge in [-0.15, -0.1) is 0 Å². The van der Waals surface area contributed by atoms with Crippen molar-refractivity contribution >= 4 is 22.4 Å². The molecular formula is C9H13N3O2S. The maximum absolute atomic E-state index is 11.7. The van der Waals surface area contributed by atoms with E-state index >= 15 is 0 Å². The van der Waals surface area contributed by atoms with Gasteiger partial charge in [0.15, 0.2) is 0 Å². The molecule has 0 aromatic carbocycles. The summed E-state index contributed by atoms with van der Waals surface area (Å²) in [5.41, 5.74) is 6.00. The monoisotopic (exact) mass is 227 g/mol. The van der Waals surface area contributed by atoms with Crippen molar-refractivity contribution in [2.24, 2.45) is 0 Å². The number of nitrogen functional groups attached to an aromatic ring is 1. The van der Waals surface area contributed by atoms with Crippen LogP contribution in [0.2, 0.25) is 0 Å². The lowest BCUT2D eigenvalue weighted by molar-refractivity contribution is -0.120. The highest BCUT2D eigenvalue weighted by atomic mass is 32.2. The summed E-state index contributed by atoms with van der Waals surface area (Å²) in [6.45, 7) is 0. The molecule has 1 atom stereocenters. The van der Waals surface area contributed by atoms with Crippen molar-refractivity contribution in [1.29, 1.82) is 0 Å². The molecule has 5 nitrogen and oxygen atoms in total. The van der Waals surface area contributed by atoms with Crippen LogP contribution in [0.25, 0.3) is 0 Å². The van der Waals surface area contributed by atoms with E-state index in [0.717, 1.165) is 0 Å². The molecule has 0 aliphatic heterocycles. The first-order chi connectivity index (χ1) is 7.15. The number of amides is 1. The number of nitrogens with zero attached hydrogens (tertiary/aromatic N) is 1. The lowest BCUT2D eigenvalue weighted by atomic mass is 10.4. The zero-order valence-electron chi connectivity index (χ0n) is 8.40. The molecule has 1 heterocycles. The fraction of sp³-hybridized carbons (Fsp3) is 0.333. The van der Waals surface area contributed by atoms with Gasteiger partial charge in [-0.25, -0.2) is 0 Å². The first-order valence-electron chi connectivity index (χ1n) is 4.43. The highest BCUT2D eigenvalue weighted by molar-refractivity contribution is 7.85. The van der Waals surface area contributed by atoms with E-state index in [0.29, 0.717) is 10.6 Å². The van der Waals surface area contributed by atoms with E-state index in [9.17, 15) is 9.00 Å². The maximum Gasteiger partial charge on any atom is 0.220 e. The largest absolute Gasteiger partial charge is 0.396 e. The highest BCUT2D eigenvalue weighted by Gasteiger charge is 2.09. The van der Waals surface area contributed by atoms with E-state index in [1.54, 1.807) is 13.1 Å². The van der Waals surface area contributed by atoms with Crippen molar-refractivity contribution in [3.05, 3.63) is 18.5 Å². The van der Waals surface area contributed by atoms with E-state index in [1.807, 2.05) is 0 Å². The van der Waals surface area contributed by atoms with Gasteiger partial charge in [-0.2, -0.15) is 0 Å². The van der Waals surface area contributed by atoms with Gasteiger partial charge in [0.05, 0.1) is 27.6 Å². The average molecular weight is 227 g/mol. The van der Waals surface area contributed by atoms with Crippen LogP contribution in [0.15, 0.2) is 23.4 Å². The number of nitrogens with one attached hydrogen (secondary N) is 1. The average Bonchev–Trinajstić information content (AvgIpc) is 2.26. The molecule has 0 spiro atoms. The van der Waals surface area contributed by atoms with Crippen molar-refractivity contribution in [2.45, 2.75) is 11.3 Å². The summed E-state index contributed by atoms with van der Waals surface area (Å²) in [5.74, 6) is 0.143. The summed E-state index contributed by atoms with van der Waals surface area (Å²) >= 11 is 0. The quantitative estimate of drug-likeness (QED) is 0.752. The molecule has 0 bridgehead atoms. The SMILES string of the molecule is CNC(=O)CCS(=O)c1ccncc1N. The molecule has 6 heteroatoms. The molecule has 1 unspecified atom stereocenters. The molecular weight excluding hydrogens is 214 g/mol. The summed E-state index contributed by atoms with van der Waals surface area (Å²) in [4.78, 5) is 15.3. The first kappa shape index (κ1) is 11.6. The number of hydrogen-bond acceptors (Lipinski definition) is 4. The van der Waals surface area contributed by atoms with Gasteiger partial charge >= 0.3 is 0 Å². The van der Waals surface area contributed by atoms with E-state index in [-0.39, 0.29) is 18.1 Å². The Bertz CT molecular complexity index is 381. The molecule has 1 rings (SSSR count). The number of carbonyl (C=O) groups excluding carboxylic acids is 1. The molecule has 0 saturated heterocycles. The lowest BCUT2D eigenvalue weighted by Crippen LogP contribution is -2.20. The number of rotatable bonds is 4. The summed E-state index contributed by atoms with van der Waals surface area (Å²) in [6, 6.07) is 1.61. The molecule has 1 aromatic rings. The molecule has 0 aliphatic carbocycles. The molecule has 3 N–H and O–H groups in total. The number of aromatic nitrogens is 1. The van der Waals surface area contributed by atoms with E-state index in [4.69, 9.17) is 5.73 Å². The minimum atomic E-state index is -1.24. The second kappa shape index (κ2) is 5.45. The third kappa shape index (κ3) is 3.32. The van der Waals surface area contributed by atoms with Gasteiger partial charge in [-0.3, -0.25) is 14.0 Å². The summed E-state index contributed by atoms with van der Waals surface area (Å²) in [6.07, 6.45) is 3.21. The van der Waals surface area contributed by atoms with Crippen molar-refractivity contribution in [2.75, 3.05) is 18.5 Å². The summed E-state index contributed by atoms with van der Waals surface area (Å²) in [7, 11) is 0.305. The van der Waals surface area contributed by atoms with Gasteiger partial charge in [-0.05, 0) is 6.07 Å². The Labute approximate surface area is 90.5 Å². The third-order valence-corrected chi connectivity index (χ3v) is 3.29. The number of pyridine rings is 1. The van der Waals surface area contributed by atoms with Crippen molar-refractivity contribution in [3.8, 4) is 0 Å². The summed E-state index contributed by atoms with van der Waals surface area (Å²) < 4.78 is 11.7. The normalized spacial score (nSPS) is 12.1. The Kier molecular flexibility index (Phi) is 4.23. The lowest BCUT2D eigenvalue weighted by Gasteiger charge is -2.04. The smallest absolute Gasteiger partial charge is 0.220 e. The fourth-order valence-electron chi connectivity index (χ4n) is 1.02. The zero-order chi connectivity index (χ0) is 11.3. The van der Waals surface area contributed by atoms with Crippen molar-refractivity contribution in [1.82, 2.24) is 10.3 Å². The molecule has 1 amide bonds. The Morgan fingerprint density at radius 1 is 1.67 bits per heavy atom. The van der Waals surface area contributed by atoms with E-state index in [1.165, 1.54) is 12.4 Å². The molecule has 15 heavy (non-hydrogen) atoms. The van der Waals surface area contributed by atoms with Crippen molar-refractivity contribution in [3.63, 3.8) is 0 Å². The van der Waals surface area contributed by atoms with Crippen LogP contribution in [0.3, 0.4) is 0 Å². The second-order valence-corrected chi connectivity index (χ2v) is 4.43. The second-order valence-electron chi connectivity index (χ2n) is 2.89. The van der Waals surface area contributed by atoms with Crippen LogP contribution in [-0.2, 0) is 15.6 Å². The predicted molar refractivity (Wildman–Crippen MR) is 58.6 cm³/mol. The Hall–Kier alpha value is -1.43. The maximum atomic E-state index is 11.7. The minimum absolute atomic E-state index is 0.129. The van der Waals surface area contributed by atoms with E-state index in [2.05, 4.69) is 10.3 Å². The molecule has 0 aliphatic rings. The third-order valence-electron chi connectivity index (χ3n) is 1.85. The van der Waals surface area contributed by atoms with Gasteiger partial charge in [0.25, 0.3) is 0 Å². The zero-order valence-corrected chi connectivity index (χ0v) is 9.21. The van der Waals surface area contributed by atoms with Crippen LogP contribution < -0.4 is 11.1 Å². The van der Waals surface area contributed by atoms with Crippen LogP contribution >= 0.6 is 0 Å². The molecule has 0 saturated carbocycles. The van der Waals surface area contributed by atoms with Gasteiger partial charge in [0.1, 0.15) is 0 Å². The summed E-state index contributed by atoms with van der Waals surface area (Å²) in [5, 5.41) is 2.47. The standard InChI is InChI=1S/C9H13N3O2S/c1-11-9(13)3-5-15(14)8-2-4-12-6-7(8)10/h2,4,6H,3,5,10H2,1H3,(H,11,13). The number of hydrogen-bond donors (Lipinski definition) is 2. The van der Waals surface area contributed by atoms with Crippen LogP contribution in [0.1, 0.15) is 6.42 Å². The number of carbonyl (C=O) groups is 1. The molecule has 1 aromatic heterocycles. The van der Waals surface area contributed by atoms with Crippen LogP contribution in [-0.4, -0.2) is 27.9 Å². The Morgan fingerprint density at radius 2 is 2.40 bits per heavy atom. The van der Waals surface area contributed by atoms with Gasteiger partial charge < -0.3 is 11.1 Å². The molecule has 0 radical (unpaired) electrons. The van der Waals surface area contributed by atoms with Crippen molar-refractivity contribution < 1.29 is 9.00 Å².